The number of allylic oxidation sites excluding steroid dienone is 1. The van der Waals surface area contributed by atoms with Gasteiger partial charge in [-0.05, 0) is 36.2 Å². The summed E-state index contributed by atoms with van der Waals surface area (Å²) in [6, 6.07) is 17.8. The van der Waals surface area contributed by atoms with Crippen molar-refractivity contribution in [3.63, 3.8) is 0 Å². The van der Waals surface area contributed by atoms with E-state index in [0.717, 1.165) is 11.1 Å². The Labute approximate surface area is 162 Å². The van der Waals surface area contributed by atoms with E-state index in [1.54, 1.807) is 48.7 Å². The number of nitrogens with one attached hydrogen (secondary N) is 1. The van der Waals surface area contributed by atoms with Gasteiger partial charge in [0.25, 0.3) is 5.91 Å². The molecule has 0 fully saturated rings. The van der Waals surface area contributed by atoms with Crippen LogP contribution < -0.4 is 5.32 Å². The second-order valence-corrected chi connectivity index (χ2v) is 6.65. The highest BCUT2D eigenvalue weighted by Gasteiger charge is 2.31. The number of aromatic nitrogens is 1. The topological polar surface area (TPSA) is 79.3 Å². The molecule has 0 bridgehead atoms. The highest BCUT2D eigenvalue weighted by Crippen LogP contribution is 2.35. The number of ketones is 1. The largest absolute Gasteiger partial charge is 0.506 e. The van der Waals surface area contributed by atoms with Crippen LogP contribution in [0.2, 0.25) is 0 Å². The van der Waals surface area contributed by atoms with Crippen LogP contribution in [0.4, 0.5) is 0 Å². The maximum absolute atomic E-state index is 12.7. The fraction of sp³-hybridized carbons (Fsp3) is 0.0870. The Balaban J connectivity index is 1.56. The Morgan fingerprint density at radius 3 is 2.50 bits per heavy atom. The van der Waals surface area contributed by atoms with Gasteiger partial charge in [0.15, 0.2) is 5.78 Å². The molecular weight excluding hydrogens is 352 g/mol. The maximum atomic E-state index is 12.7. The monoisotopic (exact) mass is 370 g/mol. The predicted molar refractivity (Wildman–Crippen MR) is 107 cm³/mol. The molecule has 1 aromatic heterocycles. The fourth-order valence-electron chi connectivity index (χ4n) is 3.33. The third kappa shape index (κ3) is 3.07. The molecule has 28 heavy (non-hydrogen) atoms. The zero-order valence-electron chi connectivity index (χ0n) is 15.3. The normalized spacial score (nSPS) is 12.8. The highest BCUT2D eigenvalue weighted by molar-refractivity contribution is 6.38. The molecule has 2 aromatic carbocycles. The smallest absolute Gasteiger partial charge is 0.251 e. The predicted octanol–water partition coefficient (Wildman–Crippen LogP) is 3.94. The lowest BCUT2D eigenvalue weighted by molar-refractivity contribution is 0.0949. The van der Waals surface area contributed by atoms with Gasteiger partial charge in [0, 0.05) is 29.4 Å². The van der Waals surface area contributed by atoms with E-state index in [4.69, 9.17) is 0 Å². The van der Waals surface area contributed by atoms with Gasteiger partial charge in [-0.1, -0.05) is 42.5 Å². The molecule has 0 aliphatic heterocycles. The number of fused-ring (bicyclic) bond motifs is 1. The molecule has 1 amide bonds. The summed E-state index contributed by atoms with van der Waals surface area (Å²) >= 11 is 0. The molecule has 5 nitrogen and oxygen atoms in total. The molecule has 2 N–H and O–H groups in total. The lowest BCUT2D eigenvalue weighted by Gasteiger charge is -2.09. The van der Waals surface area contributed by atoms with Gasteiger partial charge < -0.3 is 10.4 Å². The molecule has 0 radical (unpaired) electrons. The second kappa shape index (κ2) is 7.12. The third-order valence-corrected chi connectivity index (χ3v) is 4.81. The number of carbonyl (C=O) groups excluding carboxylic acids is 2. The number of rotatable bonds is 4. The van der Waals surface area contributed by atoms with E-state index in [2.05, 4.69) is 10.3 Å². The number of nitrogens with zero attached hydrogens (tertiary/aromatic N) is 1. The van der Waals surface area contributed by atoms with Crippen molar-refractivity contribution < 1.29 is 14.7 Å². The summed E-state index contributed by atoms with van der Waals surface area (Å²) in [6.07, 6.45) is 1.57. The van der Waals surface area contributed by atoms with Crippen LogP contribution in [0.3, 0.4) is 0 Å². The number of aliphatic hydroxyl groups excluding tert-OH is 1. The summed E-state index contributed by atoms with van der Waals surface area (Å²) in [5, 5.41) is 13.4. The lowest BCUT2D eigenvalue weighted by atomic mass is 10.0. The molecule has 0 saturated heterocycles. The van der Waals surface area contributed by atoms with E-state index < -0.39 is 0 Å². The Hall–Kier alpha value is -3.73. The number of amides is 1. The number of carbonyl (C=O) groups is 2. The molecule has 0 spiro atoms. The van der Waals surface area contributed by atoms with Crippen LogP contribution in [0.15, 0.2) is 66.9 Å². The molecule has 0 unspecified atom stereocenters. The van der Waals surface area contributed by atoms with Crippen molar-refractivity contribution in [2.24, 2.45) is 0 Å². The first kappa shape index (κ1) is 17.7. The third-order valence-electron chi connectivity index (χ3n) is 4.81. The number of aryl methyl sites for hydroxylation is 1. The maximum Gasteiger partial charge on any atom is 0.251 e. The van der Waals surface area contributed by atoms with Crippen molar-refractivity contribution in [2.45, 2.75) is 13.5 Å². The molecule has 5 heteroatoms. The first-order chi connectivity index (χ1) is 13.6. The van der Waals surface area contributed by atoms with E-state index in [1.165, 1.54) is 0 Å². The second-order valence-electron chi connectivity index (χ2n) is 6.65. The van der Waals surface area contributed by atoms with Gasteiger partial charge in [-0.3, -0.25) is 14.6 Å². The van der Waals surface area contributed by atoms with Gasteiger partial charge in [0.1, 0.15) is 5.76 Å². The number of benzene rings is 2. The first-order valence-electron chi connectivity index (χ1n) is 8.92. The van der Waals surface area contributed by atoms with Crippen molar-refractivity contribution in [3.8, 4) is 0 Å². The lowest BCUT2D eigenvalue weighted by Crippen LogP contribution is -2.23. The van der Waals surface area contributed by atoms with E-state index in [1.807, 2.05) is 25.1 Å². The Morgan fingerprint density at radius 1 is 1.04 bits per heavy atom. The van der Waals surface area contributed by atoms with Crippen LogP contribution in [0.5, 0.6) is 0 Å². The summed E-state index contributed by atoms with van der Waals surface area (Å²) in [5.74, 6) is -0.473. The minimum atomic E-state index is -0.248. The Kier molecular flexibility index (Phi) is 4.49. The fourth-order valence-corrected chi connectivity index (χ4v) is 3.33. The van der Waals surface area contributed by atoms with Gasteiger partial charge in [-0.2, -0.15) is 0 Å². The minimum absolute atomic E-state index is 0.0609. The standard InChI is InChI=1S/C23H18N2O3/c1-14-6-2-3-7-16(14)23(28)25-13-15-10-11-24-19(12-15)20-21(26)17-8-4-5-9-18(17)22(20)27/h2-12,26H,13H2,1H3,(H,25,28). The molecular formula is C23H18N2O3. The van der Waals surface area contributed by atoms with Crippen LogP contribution >= 0.6 is 0 Å². The highest BCUT2D eigenvalue weighted by atomic mass is 16.3. The Morgan fingerprint density at radius 2 is 1.75 bits per heavy atom. The molecule has 0 saturated carbocycles. The van der Waals surface area contributed by atoms with Crippen LogP contribution in [0.25, 0.3) is 11.3 Å². The number of Topliss-reactive ketones (excluding diaryl/α,β-unsaturated/α-hetero) is 1. The molecule has 0 atom stereocenters. The van der Waals surface area contributed by atoms with Crippen molar-refractivity contribution in [3.05, 3.63) is 100 Å². The first-order valence-corrected chi connectivity index (χ1v) is 8.92. The van der Waals surface area contributed by atoms with Crippen LogP contribution in [-0.2, 0) is 6.54 Å². The van der Waals surface area contributed by atoms with Gasteiger partial charge >= 0.3 is 0 Å². The number of aliphatic hydroxyl groups is 1. The summed E-state index contributed by atoms with van der Waals surface area (Å²) in [4.78, 5) is 29.3. The van der Waals surface area contributed by atoms with E-state index in [9.17, 15) is 14.7 Å². The molecule has 1 heterocycles. The zero-order valence-corrected chi connectivity index (χ0v) is 15.3. The molecule has 1 aliphatic carbocycles. The van der Waals surface area contributed by atoms with E-state index in [-0.39, 0.29) is 29.6 Å². The Bertz CT molecular complexity index is 1130. The van der Waals surface area contributed by atoms with E-state index in [0.29, 0.717) is 22.4 Å². The summed E-state index contributed by atoms with van der Waals surface area (Å²) < 4.78 is 0. The summed E-state index contributed by atoms with van der Waals surface area (Å²) in [6.45, 7) is 2.18. The summed E-state index contributed by atoms with van der Waals surface area (Å²) in [7, 11) is 0. The average Bonchev–Trinajstić information content (AvgIpc) is 2.97. The SMILES string of the molecule is Cc1ccccc1C(=O)NCc1ccnc(C2=C(O)c3ccccc3C2=O)c1. The summed E-state index contributed by atoms with van der Waals surface area (Å²) in [5.41, 5.74) is 3.88. The molecule has 138 valence electrons. The number of pyridine rings is 1. The minimum Gasteiger partial charge on any atom is -0.506 e. The van der Waals surface area contributed by atoms with Crippen LogP contribution in [-0.4, -0.2) is 21.8 Å². The van der Waals surface area contributed by atoms with Gasteiger partial charge in [0.05, 0.1) is 11.3 Å². The van der Waals surface area contributed by atoms with Crippen molar-refractivity contribution >= 4 is 23.0 Å². The average molecular weight is 370 g/mol. The quantitative estimate of drug-likeness (QED) is 0.729. The molecule has 4 rings (SSSR count). The van der Waals surface area contributed by atoms with Crippen molar-refractivity contribution in [1.82, 2.24) is 10.3 Å². The van der Waals surface area contributed by atoms with Crippen LogP contribution in [0, 0.1) is 6.92 Å². The van der Waals surface area contributed by atoms with Gasteiger partial charge in [0.2, 0.25) is 0 Å². The van der Waals surface area contributed by atoms with Gasteiger partial charge in [-0.15, -0.1) is 0 Å². The number of hydrogen-bond donors (Lipinski definition) is 2. The van der Waals surface area contributed by atoms with Crippen molar-refractivity contribution in [2.75, 3.05) is 0 Å². The van der Waals surface area contributed by atoms with Gasteiger partial charge in [-0.25, -0.2) is 0 Å². The molecule has 1 aliphatic rings. The van der Waals surface area contributed by atoms with E-state index >= 15 is 0 Å². The zero-order chi connectivity index (χ0) is 19.7. The number of hydrogen-bond acceptors (Lipinski definition) is 4. The molecule has 3 aromatic rings. The van der Waals surface area contributed by atoms with Crippen molar-refractivity contribution in [1.29, 1.82) is 0 Å². The van der Waals surface area contributed by atoms with Crippen LogP contribution in [0.1, 0.15) is 43.1 Å².